The Labute approximate surface area is 113 Å². The summed E-state index contributed by atoms with van der Waals surface area (Å²) >= 11 is 0. The number of hydrogen-bond donors (Lipinski definition) is 2. The summed E-state index contributed by atoms with van der Waals surface area (Å²) in [5, 5.41) is 3.66. The van der Waals surface area contributed by atoms with Gasteiger partial charge in [-0.15, -0.1) is 0 Å². The van der Waals surface area contributed by atoms with Crippen LogP contribution in [0, 0.1) is 0 Å². The van der Waals surface area contributed by atoms with Gasteiger partial charge < -0.3 is 15.8 Å². The lowest BCUT2D eigenvalue weighted by atomic mass is 9.92. The van der Waals surface area contributed by atoms with Gasteiger partial charge in [0.05, 0.1) is 5.60 Å². The molecule has 0 bridgehead atoms. The van der Waals surface area contributed by atoms with Gasteiger partial charge in [-0.05, 0) is 33.1 Å². The first-order valence-electron chi connectivity index (χ1n) is 7.63. The number of nitrogens with two attached hydrogens (primary N) is 1. The molecule has 1 fully saturated rings. The molecule has 0 radical (unpaired) electrons. The summed E-state index contributed by atoms with van der Waals surface area (Å²) in [6.45, 7) is 9.24. The zero-order valence-electron chi connectivity index (χ0n) is 12.6. The van der Waals surface area contributed by atoms with Crippen molar-refractivity contribution in [3.63, 3.8) is 0 Å². The van der Waals surface area contributed by atoms with Crippen LogP contribution in [0.1, 0.15) is 65.7 Å². The Hall–Kier alpha value is -0.120. The Morgan fingerprint density at radius 2 is 2.11 bits per heavy atom. The summed E-state index contributed by atoms with van der Waals surface area (Å²) in [4.78, 5) is 0. The molecule has 3 N–H and O–H groups in total. The first-order valence-corrected chi connectivity index (χ1v) is 7.63. The first-order chi connectivity index (χ1) is 8.54. The van der Waals surface area contributed by atoms with Crippen LogP contribution >= 0.6 is 0 Å². The maximum absolute atomic E-state index is 5.95. The third kappa shape index (κ3) is 5.25. The summed E-state index contributed by atoms with van der Waals surface area (Å²) in [6, 6.07) is 0. The zero-order chi connectivity index (χ0) is 13.5. The highest BCUT2D eigenvalue weighted by Crippen LogP contribution is 2.25. The average Bonchev–Trinajstić information content (AvgIpc) is 2.80. The van der Waals surface area contributed by atoms with E-state index in [2.05, 4.69) is 26.1 Å². The highest BCUT2D eigenvalue weighted by Gasteiger charge is 2.32. The van der Waals surface area contributed by atoms with Crippen molar-refractivity contribution in [2.75, 3.05) is 19.7 Å². The Balaban J connectivity index is 2.29. The quantitative estimate of drug-likeness (QED) is 0.624. The number of hydrogen-bond acceptors (Lipinski definition) is 3. The maximum Gasteiger partial charge on any atom is 0.0779 e. The molecule has 1 aliphatic heterocycles. The van der Waals surface area contributed by atoms with Crippen LogP contribution in [-0.4, -0.2) is 30.8 Å². The van der Waals surface area contributed by atoms with E-state index in [4.69, 9.17) is 10.5 Å². The van der Waals surface area contributed by atoms with Gasteiger partial charge in [-0.2, -0.15) is 0 Å². The van der Waals surface area contributed by atoms with E-state index in [0.29, 0.717) is 6.54 Å². The van der Waals surface area contributed by atoms with Crippen molar-refractivity contribution in [1.29, 1.82) is 0 Å². The molecule has 0 saturated carbocycles. The van der Waals surface area contributed by atoms with Gasteiger partial charge in [0, 0.05) is 25.2 Å². The number of ether oxygens (including phenoxy) is 1. The van der Waals surface area contributed by atoms with Crippen LogP contribution in [0.3, 0.4) is 0 Å². The van der Waals surface area contributed by atoms with Crippen LogP contribution in [0.25, 0.3) is 0 Å². The van der Waals surface area contributed by atoms with Gasteiger partial charge in [-0.25, -0.2) is 0 Å². The highest BCUT2D eigenvalue weighted by molar-refractivity contribution is 4.90. The number of nitrogens with one attached hydrogen (secondary N) is 1. The van der Waals surface area contributed by atoms with Crippen molar-refractivity contribution >= 4 is 0 Å². The van der Waals surface area contributed by atoms with E-state index >= 15 is 0 Å². The molecular weight excluding hydrogens is 224 g/mol. The van der Waals surface area contributed by atoms with Crippen LogP contribution in [-0.2, 0) is 4.74 Å². The van der Waals surface area contributed by atoms with E-state index in [1.807, 2.05) is 0 Å². The van der Waals surface area contributed by atoms with Gasteiger partial charge in [0.15, 0.2) is 0 Å². The molecule has 0 aliphatic carbocycles. The van der Waals surface area contributed by atoms with Gasteiger partial charge in [-0.1, -0.05) is 32.6 Å². The van der Waals surface area contributed by atoms with E-state index < -0.39 is 0 Å². The van der Waals surface area contributed by atoms with Gasteiger partial charge in [0.25, 0.3) is 0 Å². The lowest BCUT2D eigenvalue weighted by Gasteiger charge is -2.34. The second-order valence-electron chi connectivity index (χ2n) is 6.33. The number of unbranched alkanes of at least 4 members (excludes halogenated alkanes) is 3. The molecule has 1 heterocycles. The summed E-state index contributed by atoms with van der Waals surface area (Å²) < 4.78 is 5.82. The van der Waals surface area contributed by atoms with Crippen LogP contribution < -0.4 is 11.1 Å². The monoisotopic (exact) mass is 256 g/mol. The highest BCUT2D eigenvalue weighted by atomic mass is 16.5. The van der Waals surface area contributed by atoms with Crippen molar-refractivity contribution in [2.45, 2.75) is 76.9 Å². The normalized spacial score (nSPS) is 27.3. The van der Waals surface area contributed by atoms with Crippen molar-refractivity contribution in [1.82, 2.24) is 5.32 Å². The average molecular weight is 256 g/mol. The zero-order valence-corrected chi connectivity index (χ0v) is 12.6. The molecule has 0 amide bonds. The molecule has 2 unspecified atom stereocenters. The first kappa shape index (κ1) is 15.9. The van der Waals surface area contributed by atoms with Gasteiger partial charge >= 0.3 is 0 Å². The van der Waals surface area contributed by atoms with E-state index in [0.717, 1.165) is 19.6 Å². The molecule has 0 aromatic rings. The minimum atomic E-state index is 0.0276. The Morgan fingerprint density at radius 3 is 2.67 bits per heavy atom. The summed E-state index contributed by atoms with van der Waals surface area (Å²) in [7, 11) is 0. The van der Waals surface area contributed by atoms with E-state index in [1.165, 1.54) is 38.5 Å². The number of rotatable bonds is 9. The lowest BCUT2D eigenvalue weighted by Crippen LogP contribution is -2.53. The van der Waals surface area contributed by atoms with Crippen molar-refractivity contribution < 1.29 is 4.74 Å². The Kier molecular flexibility index (Phi) is 6.61. The van der Waals surface area contributed by atoms with Crippen molar-refractivity contribution in [3.8, 4) is 0 Å². The molecule has 108 valence electrons. The van der Waals surface area contributed by atoms with Crippen LogP contribution in [0.2, 0.25) is 0 Å². The fraction of sp³-hybridized carbons (Fsp3) is 1.00. The minimum Gasteiger partial charge on any atom is -0.374 e. The third-order valence-corrected chi connectivity index (χ3v) is 4.22. The SMILES string of the molecule is CCCCCCC(C)(CN)NCC1(C)CCCO1. The van der Waals surface area contributed by atoms with Crippen molar-refractivity contribution in [2.24, 2.45) is 5.73 Å². The molecule has 0 spiro atoms. The van der Waals surface area contributed by atoms with E-state index in [1.54, 1.807) is 0 Å². The third-order valence-electron chi connectivity index (χ3n) is 4.22. The molecular formula is C15H32N2O. The molecule has 0 aromatic heterocycles. The summed E-state index contributed by atoms with van der Waals surface area (Å²) in [5.41, 5.74) is 6.05. The van der Waals surface area contributed by atoms with Crippen LogP contribution in [0.5, 0.6) is 0 Å². The smallest absolute Gasteiger partial charge is 0.0779 e. The fourth-order valence-corrected chi connectivity index (χ4v) is 2.58. The predicted octanol–water partition coefficient (Wildman–Crippen LogP) is 2.83. The lowest BCUT2D eigenvalue weighted by molar-refractivity contribution is 0.0146. The van der Waals surface area contributed by atoms with Crippen LogP contribution in [0.4, 0.5) is 0 Å². The molecule has 1 aliphatic rings. The second kappa shape index (κ2) is 7.46. The minimum absolute atomic E-state index is 0.0276. The molecule has 1 saturated heterocycles. The molecule has 3 nitrogen and oxygen atoms in total. The molecule has 18 heavy (non-hydrogen) atoms. The Bertz CT molecular complexity index is 227. The predicted molar refractivity (Wildman–Crippen MR) is 77.8 cm³/mol. The summed E-state index contributed by atoms with van der Waals surface area (Å²) in [6.07, 6.45) is 8.73. The fourth-order valence-electron chi connectivity index (χ4n) is 2.58. The van der Waals surface area contributed by atoms with E-state index in [9.17, 15) is 0 Å². The van der Waals surface area contributed by atoms with Crippen molar-refractivity contribution in [3.05, 3.63) is 0 Å². The molecule has 3 heteroatoms. The largest absolute Gasteiger partial charge is 0.374 e. The molecule has 0 aromatic carbocycles. The maximum atomic E-state index is 5.95. The van der Waals surface area contributed by atoms with Gasteiger partial charge in [0.2, 0.25) is 0 Å². The van der Waals surface area contributed by atoms with Crippen LogP contribution in [0.15, 0.2) is 0 Å². The molecule has 1 rings (SSSR count). The van der Waals surface area contributed by atoms with E-state index in [-0.39, 0.29) is 11.1 Å². The van der Waals surface area contributed by atoms with Gasteiger partial charge in [-0.3, -0.25) is 0 Å². The topological polar surface area (TPSA) is 47.3 Å². The summed E-state index contributed by atoms with van der Waals surface area (Å²) in [5.74, 6) is 0. The second-order valence-corrected chi connectivity index (χ2v) is 6.33. The Morgan fingerprint density at radius 1 is 1.33 bits per heavy atom. The molecule has 2 atom stereocenters. The van der Waals surface area contributed by atoms with Gasteiger partial charge in [0.1, 0.15) is 0 Å². The standard InChI is InChI=1S/C15H32N2O/c1-4-5-6-7-9-14(2,12-16)17-13-15(3)10-8-11-18-15/h17H,4-13,16H2,1-3H3.